The van der Waals surface area contributed by atoms with E-state index in [0.717, 1.165) is 12.1 Å². The number of hydrogen-bond acceptors (Lipinski definition) is 6. The highest BCUT2D eigenvalue weighted by Gasteiger charge is 2.33. The predicted molar refractivity (Wildman–Crippen MR) is 96.3 cm³/mol. The first-order valence-corrected chi connectivity index (χ1v) is 8.95. The molecule has 2 rings (SSSR count). The molecule has 2 amide bonds. The minimum Gasteiger partial charge on any atom is -0.405 e. The summed E-state index contributed by atoms with van der Waals surface area (Å²) in [6.07, 6.45) is -4.23. The molecule has 0 radical (unpaired) electrons. The number of nitrogens with zero attached hydrogens (tertiary/aromatic N) is 4. The van der Waals surface area contributed by atoms with Gasteiger partial charge in [0.1, 0.15) is 5.75 Å². The Kier molecular flexibility index (Phi) is 7.37. The van der Waals surface area contributed by atoms with Gasteiger partial charge in [0.05, 0.1) is 10.6 Å². The fraction of sp³-hybridized carbons (Fsp3) is 0.438. The monoisotopic (exact) mass is 434 g/mol. The fourth-order valence-corrected chi connectivity index (χ4v) is 2.65. The molecule has 1 aromatic carbocycles. The van der Waals surface area contributed by atoms with Crippen LogP contribution in [-0.2, 0) is 17.9 Å². The molecule has 2 N–H and O–H groups in total. The molecule has 0 atom stereocenters. The first kappa shape index (κ1) is 22.4. The molecule has 1 aromatic heterocycles. The lowest BCUT2D eigenvalue weighted by Gasteiger charge is -2.17. The quantitative estimate of drug-likeness (QED) is 0.661. The molecule has 0 saturated carbocycles. The first-order valence-electron chi connectivity index (χ1n) is 8.57. The summed E-state index contributed by atoms with van der Waals surface area (Å²) in [5.74, 6) is -1.69. The van der Waals surface area contributed by atoms with Crippen LogP contribution in [0, 0.1) is 0 Å². The lowest BCUT2D eigenvalue weighted by Crippen LogP contribution is -2.25. The number of rotatable bonds is 8. The molecule has 9 nitrogen and oxygen atoms in total. The van der Waals surface area contributed by atoms with Gasteiger partial charge in [0, 0.05) is 25.1 Å². The molecule has 0 aliphatic rings. The van der Waals surface area contributed by atoms with Crippen LogP contribution >= 0.6 is 11.6 Å². The molecule has 29 heavy (non-hydrogen) atoms. The zero-order chi connectivity index (χ0) is 21.6. The van der Waals surface area contributed by atoms with Crippen LogP contribution in [0.3, 0.4) is 0 Å². The molecule has 158 valence electrons. The number of halogens is 4. The zero-order valence-electron chi connectivity index (χ0n) is 15.5. The first-order chi connectivity index (χ1) is 13.7. The molecule has 0 bridgehead atoms. The normalized spacial score (nSPS) is 11.2. The van der Waals surface area contributed by atoms with Gasteiger partial charge < -0.3 is 10.1 Å². The smallest absolute Gasteiger partial charge is 0.405 e. The number of aryl methyl sites for hydroxylation is 1. The van der Waals surface area contributed by atoms with Crippen molar-refractivity contribution in [2.75, 3.05) is 5.32 Å². The van der Waals surface area contributed by atoms with Gasteiger partial charge in [-0.05, 0) is 35.9 Å². The molecule has 0 aliphatic carbocycles. The van der Waals surface area contributed by atoms with Crippen molar-refractivity contribution < 1.29 is 27.5 Å². The van der Waals surface area contributed by atoms with Crippen molar-refractivity contribution in [1.82, 2.24) is 25.5 Å². The maximum atomic E-state index is 12.7. The van der Waals surface area contributed by atoms with E-state index in [1.807, 2.05) is 0 Å². The number of hydrogen-bond donors (Lipinski definition) is 2. The molecule has 0 aliphatic heterocycles. The third kappa shape index (κ3) is 6.04. The van der Waals surface area contributed by atoms with Crippen LogP contribution in [0.2, 0.25) is 5.02 Å². The van der Waals surface area contributed by atoms with Gasteiger partial charge in [-0.1, -0.05) is 23.6 Å². The topological polar surface area (TPSA) is 111 Å². The summed E-state index contributed by atoms with van der Waals surface area (Å²) < 4.78 is 43.4. The number of anilines is 1. The second kappa shape index (κ2) is 9.54. The number of carbonyl (C=O) groups excluding carboxylic acids is 2. The Labute approximate surface area is 168 Å². The van der Waals surface area contributed by atoms with Crippen molar-refractivity contribution in [3.05, 3.63) is 28.3 Å². The Morgan fingerprint density at radius 1 is 1.28 bits per heavy atom. The average Bonchev–Trinajstić information content (AvgIpc) is 3.07. The number of alkyl halides is 3. The van der Waals surface area contributed by atoms with E-state index in [4.69, 9.17) is 11.6 Å². The van der Waals surface area contributed by atoms with Crippen molar-refractivity contribution >= 4 is 29.4 Å². The van der Waals surface area contributed by atoms with Crippen molar-refractivity contribution in [2.24, 2.45) is 0 Å². The van der Waals surface area contributed by atoms with Crippen molar-refractivity contribution in [3.8, 4) is 5.75 Å². The van der Waals surface area contributed by atoms with Gasteiger partial charge in [-0.2, -0.15) is 0 Å². The third-order valence-electron chi connectivity index (χ3n) is 3.67. The number of ether oxygens (including phenoxy) is 1. The van der Waals surface area contributed by atoms with Gasteiger partial charge >= 0.3 is 6.36 Å². The minimum atomic E-state index is -4.97. The summed E-state index contributed by atoms with van der Waals surface area (Å²) in [4.78, 5) is 24.2. The van der Waals surface area contributed by atoms with E-state index in [-0.39, 0.29) is 41.0 Å². The number of tetrazole rings is 1. The summed E-state index contributed by atoms with van der Waals surface area (Å²) in [7, 11) is 0. The van der Waals surface area contributed by atoms with Gasteiger partial charge in [-0.15, -0.1) is 13.2 Å². The highest BCUT2D eigenvalue weighted by molar-refractivity contribution is 6.35. The van der Waals surface area contributed by atoms with Crippen LogP contribution in [0.25, 0.3) is 0 Å². The summed E-state index contributed by atoms with van der Waals surface area (Å²) >= 11 is 6.19. The lowest BCUT2D eigenvalue weighted by molar-refractivity contribution is -0.274. The van der Waals surface area contributed by atoms with E-state index in [1.54, 1.807) is 13.8 Å². The maximum absolute atomic E-state index is 12.7. The second-order valence-electron chi connectivity index (χ2n) is 5.75. The maximum Gasteiger partial charge on any atom is 0.573 e. The van der Waals surface area contributed by atoms with Crippen LogP contribution in [-0.4, -0.2) is 38.4 Å². The van der Waals surface area contributed by atoms with Gasteiger partial charge in [0.25, 0.3) is 5.91 Å². The van der Waals surface area contributed by atoms with Gasteiger partial charge in [0.2, 0.25) is 11.9 Å². The van der Waals surface area contributed by atoms with E-state index in [9.17, 15) is 22.8 Å². The van der Waals surface area contributed by atoms with Crippen LogP contribution in [0.5, 0.6) is 5.75 Å². The highest BCUT2D eigenvalue weighted by Crippen LogP contribution is 2.34. The Hall–Kier alpha value is -2.89. The average molecular weight is 435 g/mol. The van der Waals surface area contributed by atoms with E-state index in [2.05, 4.69) is 30.9 Å². The van der Waals surface area contributed by atoms with Gasteiger partial charge in [0.15, 0.2) is 0 Å². The molecule has 0 spiro atoms. The largest absolute Gasteiger partial charge is 0.573 e. The lowest BCUT2D eigenvalue weighted by atomic mass is 10.1. The number of aromatic nitrogens is 4. The van der Waals surface area contributed by atoms with E-state index in [1.165, 1.54) is 4.68 Å². The fourth-order valence-electron chi connectivity index (χ4n) is 2.34. The zero-order valence-corrected chi connectivity index (χ0v) is 16.3. The molecule has 0 saturated heterocycles. The Morgan fingerprint density at radius 2 is 2.00 bits per heavy atom. The SMILES string of the molecule is CCCC(=O)NCc1c(OC(F)(F)F)ccc(C(=O)Nc2nnnn2CC)c1Cl. The van der Waals surface area contributed by atoms with Crippen molar-refractivity contribution in [3.63, 3.8) is 0 Å². The molecular weight excluding hydrogens is 417 g/mol. The van der Waals surface area contributed by atoms with Crippen LogP contribution in [0.1, 0.15) is 42.6 Å². The highest BCUT2D eigenvalue weighted by atomic mass is 35.5. The molecule has 13 heteroatoms. The van der Waals surface area contributed by atoms with Gasteiger partial charge in [-0.3, -0.25) is 14.9 Å². The van der Waals surface area contributed by atoms with E-state index in [0.29, 0.717) is 13.0 Å². The Balaban J connectivity index is 2.34. The van der Waals surface area contributed by atoms with Gasteiger partial charge in [-0.25, -0.2) is 4.68 Å². The van der Waals surface area contributed by atoms with Crippen molar-refractivity contribution in [1.29, 1.82) is 0 Å². The third-order valence-corrected chi connectivity index (χ3v) is 4.10. The van der Waals surface area contributed by atoms with Crippen LogP contribution in [0.15, 0.2) is 12.1 Å². The molecule has 0 unspecified atom stereocenters. The van der Waals surface area contributed by atoms with Crippen LogP contribution in [0.4, 0.5) is 19.1 Å². The minimum absolute atomic E-state index is 0.0435. The molecule has 2 aromatic rings. The second-order valence-corrected chi connectivity index (χ2v) is 6.13. The Bertz CT molecular complexity index is 887. The summed E-state index contributed by atoms with van der Waals surface area (Å²) in [5, 5.41) is 15.3. The number of amides is 2. The molecular formula is C16H18ClF3N6O3. The predicted octanol–water partition coefficient (Wildman–Crippen LogP) is 2.91. The number of nitrogens with one attached hydrogen (secondary N) is 2. The van der Waals surface area contributed by atoms with E-state index >= 15 is 0 Å². The van der Waals surface area contributed by atoms with Crippen LogP contribution < -0.4 is 15.4 Å². The standard InChI is InChI=1S/C16H18ClF3N6O3/c1-3-5-12(27)21-8-10-11(29-16(18,19)20)7-6-9(13(10)17)14(28)22-15-23-24-25-26(15)4-2/h6-7H,3-5,8H2,1-2H3,(H,21,27)(H,22,23,25,28). The van der Waals surface area contributed by atoms with E-state index < -0.39 is 18.0 Å². The summed E-state index contributed by atoms with van der Waals surface area (Å²) in [6, 6.07) is 2.04. The summed E-state index contributed by atoms with van der Waals surface area (Å²) in [5.41, 5.74) is -0.317. The number of benzene rings is 1. The summed E-state index contributed by atoms with van der Waals surface area (Å²) in [6.45, 7) is 3.55. The Morgan fingerprint density at radius 3 is 2.62 bits per heavy atom. The molecule has 1 heterocycles. The molecule has 0 fully saturated rings. The number of carbonyl (C=O) groups is 2. The van der Waals surface area contributed by atoms with Crippen molar-refractivity contribution in [2.45, 2.75) is 46.1 Å².